The van der Waals surface area contributed by atoms with Gasteiger partial charge < -0.3 is 10.1 Å². The van der Waals surface area contributed by atoms with Crippen LogP contribution >= 0.6 is 0 Å². The lowest BCUT2D eigenvalue weighted by Gasteiger charge is -2.16. The number of aromatic nitrogens is 1. The molecule has 0 spiro atoms. The second kappa shape index (κ2) is 7.09. The number of ether oxygens (including phenoxy) is 1. The molecular weight excluding hydrogens is 262 g/mol. The number of halogens is 2. The molecule has 3 nitrogen and oxygen atoms in total. The van der Waals surface area contributed by atoms with E-state index >= 15 is 0 Å². The lowest BCUT2D eigenvalue weighted by molar-refractivity contribution is 0.145. The SMILES string of the molecule is CC(C)c1ccc(C2CCOC2)c(CNCC(F)F)n1. The van der Waals surface area contributed by atoms with E-state index in [-0.39, 0.29) is 6.54 Å². The monoisotopic (exact) mass is 284 g/mol. The van der Waals surface area contributed by atoms with Crippen LogP contribution in [0.25, 0.3) is 0 Å². The summed E-state index contributed by atoms with van der Waals surface area (Å²) in [6.07, 6.45) is -1.36. The van der Waals surface area contributed by atoms with Crippen LogP contribution in [0.15, 0.2) is 12.1 Å². The molecule has 0 bridgehead atoms. The molecule has 2 rings (SSSR count). The van der Waals surface area contributed by atoms with Crippen LogP contribution in [0.4, 0.5) is 8.78 Å². The molecule has 1 atom stereocenters. The maximum atomic E-state index is 12.2. The van der Waals surface area contributed by atoms with Crippen molar-refractivity contribution in [2.24, 2.45) is 0 Å². The first-order valence-electron chi connectivity index (χ1n) is 7.14. The number of rotatable bonds is 6. The molecule has 1 aromatic rings. The van der Waals surface area contributed by atoms with E-state index in [1.165, 1.54) is 0 Å². The van der Waals surface area contributed by atoms with Crippen molar-refractivity contribution < 1.29 is 13.5 Å². The summed E-state index contributed by atoms with van der Waals surface area (Å²) in [6.45, 7) is 5.71. The second-order valence-corrected chi connectivity index (χ2v) is 5.51. The van der Waals surface area contributed by atoms with E-state index in [0.29, 0.717) is 25.0 Å². The summed E-state index contributed by atoms with van der Waals surface area (Å²) >= 11 is 0. The Kier molecular flexibility index (Phi) is 5.43. The van der Waals surface area contributed by atoms with Crippen LogP contribution in [0.2, 0.25) is 0 Å². The van der Waals surface area contributed by atoms with E-state index in [0.717, 1.165) is 30.0 Å². The fraction of sp³-hybridized carbons (Fsp3) is 0.667. The van der Waals surface area contributed by atoms with Gasteiger partial charge in [0.05, 0.1) is 18.8 Å². The maximum absolute atomic E-state index is 12.2. The van der Waals surface area contributed by atoms with E-state index < -0.39 is 6.43 Å². The van der Waals surface area contributed by atoms with Crippen molar-refractivity contribution in [3.05, 3.63) is 29.1 Å². The van der Waals surface area contributed by atoms with Gasteiger partial charge >= 0.3 is 0 Å². The van der Waals surface area contributed by atoms with Gasteiger partial charge in [0.2, 0.25) is 0 Å². The lowest BCUT2D eigenvalue weighted by Crippen LogP contribution is -2.23. The minimum atomic E-state index is -2.33. The Morgan fingerprint density at radius 3 is 2.80 bits per heavy atom. The molecule has 0 saturated carbocycles. The fourth-order valence-electron chi connectivity index (χ4n) is 2.44. The molecule has 0 aromatic carbocycles. The number of hydrogen-bond acceptors (Lipinski definition) is 3. The molecule has 5 heteroatoms. The quantitative estimate of drug-likeness (QED) is 0.871. The molecule has 20 heavy (non-hydrogen) atoms. The van der Waals surface area contributed by atoms with Gasteiger partial charge in [0, 0.05) is 24.8 Å². The summed E-state index contributed by atoms with van der Waals surface area (Å²) in [5.41, 5.74) is 3.02. The summed E-state index contributed by atoms with van der Waals surface area (Å²) in [5, 5.41) is 2.78. The Morgan fingerprint density at radius 1 is 1.40 bits per heavy atom. The predicted molar refractivity (Wildman–Crippen MR) is 74.2 cm³/mol. The molecular formula is C15H22F2N2O. The zero-order valence-corrected chi connectivity index (χ0v) is 12.0. The van der Waals surface area contributed by atoms with Crippen LogP contribution in [0, 0.1) is 0 Å². The molecule has 1 aliphatic heterocycles. The van der Waals surface area contributed by atoms with Crippen molar-refractivity contribution in [1.29, 1.82) is 0 Å². The number of pyridine rings is 1. The molecule has 1 saturated heterocycles. The van der Waals surface area contributed by atoms with Crippen molar-refractivity contribution in [3.63, 3.8) is 0 Å². The highest BCUT2D eigenvalue weighted by Crippen LogP contribution is 2.28. The standard InChI is InChI=1S/C15H22F2N2O/c1-10(2)13-4-3-12(11-5-6-20-9-11)14(19-13)7-18-8-15(16)17/h3-4,10-11,15,18H,5-9H2,1-2H3. The Hall–Kier alpha value is -1.07. The van der Waals surface area contributed by atoms with E-state index in [2.05, 4.69) is 30.2 Å². The van der Waals surface area contributed by atoms with Gasteiger partial charge in [-0.15, -0.1) is 0 Å². The predicted octanol–water partition coefficient (Wildman–Crippen LogP) is 3.06. The first-order chi connectivity index (χ1) is 9.58. The van der Waals surface area contributed by atoms with E-state index in [1.54, 1.807) is 0 Å². The molecule has 0 radical (unpaired) electrons. The molecule has 1 aliphatic rings. The largest absolute Gasteiger partial charge is 0.381 e. The van der Waals surface area contributed by atoms with Gasteiger partial charge in [-0.25, -0.2) is 8.78 Å². The maximum Gasteiger partial charge on any atom is 0.250 e. The third kappa shape index (κ3) is 3.96. The van der Waals surface area contributed by atoms with Crippen molar-refractivity contribution in [3.8, 4) is 0 Å². The third-order valence-electron chi connectivity index (χ3n) is 3.58. The summed E-state index contributed by atoms with van der Waals surface area (Å²) in [6, 6.07) is 4.12. The van der Waals surface area contributed by atoms with Crippen LogP contribution in [-0.2, 0) is 11.3 Å². The highest BCUT2D eigenvalue weighted by Gasteiger charge is 2.22. The van der Waals surface area contributed by atoms with Crippen LogP contribution in [0.1, 0.15) is 49.1 Å². The van der Waals surface area contributed by atoms with Gasteiger partial charge in [-0.3, -0.25) is 4.98 Å². The van der Waals surface area contributed by atoms with Crippen LogP contribution in [-0.4, -0.2) is 31.2 Å². The molecule has 1 aromatic heterocycles. The third-order valence-corrected chi connectivity index (χ3v) is 3.58. The molecule has 2 heterocycles. The van der Waals surface area contributed by atoms with Gasteiger partial charge in [0.1, 0.15) is 0 Å². The molecule has 0 aliphatic carbocycles. The fourth-order valence-corrected chi connectivity index (χ4v) is 2.44. The van der Waals surface area contributed by atoms with E-state index in [1.807, 2.05) is 6.07 Å². The number of nitrogens with one attached hydrogen (secondary N) is 1. The van der Waals surface area contributed by atoms with E-state index in [9.17, 15) is 8.78 Å². The Bertz CT molecular complexity index is 432. The minimum absolute atomic E-state index is 0.297. The summed E-state index contributed by atoms with van der Waals surface area (Å²) in [7, 11) is 0. The average molecular weight is 284 g/mol. The average Bonchev–Trinajstić information content (AvgIpc) is 2.91. The topological polar surface area (TPSA) is 34.1 Å². The van der Waals surface area contributed by atoms with Crippen molar-refractivity contribution in [2.45, 2.75) is 45.1 Å². The van der Waals surface area contributed by atoms with Gasteiger partial charge in [-0.05, 0) is 24.0 Å². The molecule has 1 N–H and O–H groups in total. The van der Waals surface area contributed by atoms with Crippen molar-refractivity contribution >= 4 is 0 Å². The smallest absolute Gasteiger partial charge is 0.250 e. The van der Waals surface area contributed by atoms with Gasteiger partial charge in [0.25, 0.3) is 6.43 Å². The molecule has 1 fully saturated rings. The first kappa shape index (κ1) is 15.3. The zero-order valence-electron chi connectivity index (χ0n) is 12.0. The van der Waals surface area contributed by atoms with Gasteiger partial charge in [0.15, 0.2) is 0 Å². The van der Waals surface area contributed by atoms with Crippen molar-refractivity contribution in [1.82, 2.24) is 10.3 Å². The summed E-state index contributed by atoms with van der Waals surface area (Å²) in [4.78, 5) is 4.65. The first-order valence-corrected chi connectivity index (χ1v) is 7.14. The second-order valence-electron chi connectivity index (χ2n) is 5.51. The minimum Gasteiger partial charge on any atom is -0.381 e. The number of hydrogen-bond donors (Lipinski definition) is 1. The zero-order chi connectivity index (χ0) is 14.5. The summed E-state index contributed by atoms with van der Waals surface area (Å²) in [5.74, 6) is 0.671. The lowest BCUT2D eigenvalue weighted by atomic mass is 9.95. The Labute approximate surface area is 118 Å². The molecule has 112 valence electrons. The normalized spacial score (nSPS) is 19.2. The number of nitrogens with zero attached hydrogens (tertiary/aromatic N) is 1. The highest BCUT2D eigenvalue weighted by molar-refractivity contribution is 5.28. The Morgan fingerprint density at radius 2 is 2.20 bits per heavy atom. The van der Waals surface area contributed by atoms with E-state index in [4.69, 9.17) is 4.74 Å². The Balaban J connectivity index is 2.16. The highest BCUT2D eigenvalue weighted by atomic mass is 19.3. The van der Waals surface area contributed by atoms with Crippen LogP contribution in [0.3, 0.4) is 0 Å². The molecule has 1 unspecified atom stereocenters. The van der Waals surface area contributed by atoms with Gasteiger partial charge in [-0.2, -0.15) is 0 Å². The number of alkyl halides is 2. The molecule has 0 amide bonds. The summed E-state index contributed by atoms with van der Waals surface area (Å²) < 4.78 is 29.9. The van der Waals surface area contributed by atoms with Gasteiger partial charge in [-0.1, -0.05) is 19.9 Å². The van der Waals surface area contributed by atoms with Crippen molar-refractivity contribution in [2.75, 3.05) is 19.8 Å². The van der Waals surface area contributed by atoms with Crippen LogP contribution in [0.5, 0.6) is 0 Å². The van der Waals surface area contributed by atoms with Crippen LogP contribution < -0.4 is 5.32 Å².